The largest absolute Gasteiger partial charge is 0.394 e. The first kappa shape index (κ1) is 17.2. The molecule has 0 aliphatic heterocycles. The van der Waals surface area contributed by atoms with Gasteiger partial charge in [0.25, 0.3) is 5.91 Å². The Morgan fingerprint density at radius 1 is 1.09 bits per heavy atom. The second kappa shape index (κ2) is 6.97. The summed E-state index contributed by atoms with van der Waals surface area (Å²) in [5, 5.41) is 11.4. The Balaban J connectivity index is 2.24. The van der Waals surface area contributed by atoms with Crippen LogP contribution < -0.4 is 5.32 Å². The number of carbonyl (C=O) groups excluding carboxylic acids is 1. The van der Waals surface area contributed by atoms with Crippen LogP contribution in [0.25, 0.3) is 0 Å². The summed E-state index contributed by atoms with van der Waals surface area (Å²) in [6.07, 6.45) is 0. The van der Waals surface area contributed by atoms with Gasteiger partial charge in [-0.25, -0.2) is 17.6 Å². The second-order valence-corrected chi connectivity index (χ2v) is 5.04. The number of nitrogens with one attached hydrogen (secondary N) is 1. The zero-order chi connectivity index (χ0) is 17.1. The smallest absolute Gasteiger partial charge is 0.252 e. The van der Waals surface area contributed by atoms with Gasteiger partial charge in [0.2, 0.25) is 0 Å². The molecule has 1 atom stereocenters. The first-order chi connectivity index (χ1) is 10.8. The number of aliphatic hydroxyl groups is 1. The number of hydrogen-bond acceptors (Lipinski definition) is 2. The fourth-order valence-corrected chi connectivity index (χ4v) is 2.01. The quantitative estimate of drug-likeness (QED) is 0.658. The minimum absolute atomic E-state index is 0.139. The van der Waals surface area contributed by atoms with Gasteiger partial charge in [0.05, 0.1) is 17.7 Å². The molecule has 1 amide bonds. The lowest BCUT2D eigenvalue weighted by atomic mass is 10.1. The van der Waals surface area contributed by atoms with Crippen molar-refractivity contribution in [3.8, 4) is 0 Å². The van der Waals surface area contributed by atoms with E-state index in [4.69, 9.17) is 11.6 Å². The zero-order valence-electron chi connectivity index (χ0n) is 11.4. The number of aliphatic hydroxyl groups excluding tert-OH is 1. The van der Waals surface area contributed by atoms with Crippen LogP contribution in [-0.4, -0.2) is 17.6 Å². The SMILES string of the molecule is O=C(NC(CO)c1ccc(Cl)c(F)c1)c1cc(F)c(F)c(F)c1. The molecule has 0 radical (unpaired) electrons. The van der Waals surface area contributed by atoms with E-state index in [-0.39, 0.29) is 10.6 Å². The highest BCUT2D eigenvalue weighted by atomic mass is 35.5. The predicted molar refractivity (Wildman–Crippen MR) is 75.0 cm³/mol. The monoisotopic (exact) mass is 347 g/mol. The fourth-order valence-electron chi connectivity index (χ4n) is 1.89. The summed E-state index contributed by atoms with van der Waals surface area (Å²) in [5.74, 6) is -6.45. The maximum absolute atomic E-state index is 13.4. The van der Waals surface area contributed by atoms with E-state index in [9.17, 15) is 27.5 Å². The van der Waals surface area contributed by atoms with Gasteiger partial charge in [0.1, 0.15) is 5.82 Å². The topological polar surface area (TPSA) is 49.3 Å². The molecule has 2 N–H and O–H groups in total. The van der Waals surface area contributed by atoms with Crippen LogP contribution in [0.5, 0.6) is 0 Å². The highest BCUT2D eigenvalue weighted by Gasteiger charge is 2.19. The molecule has 1 unspecified atom stereocenters. The van der Waals surface area contributed by atoms with Crippen LogP contribution in [0.15, 0.2) is 30.3 Å². The average molecular weight is 348 g/mol. The molecule has 0 aliphatic carbocycles. The van der Waals surface area contributed by atoms with Crippen LogP contribution in [0.2, 0.25) is 5.02 Å². The van der Waals surface area contributed by atoms with Gasteiger partial charge < -0.3 is 10.4 Å². The van der Waals surface area contributed by atoms with Crippen molar-refractivity contribution in [1.29, 1.82) is 0 Å². The molecule has 0 saturated heterocycles. The van der Waals surface area contributed by atoms with Crippen LogP contribution in [0, 0.1) is 23.3 Å². The number of amides is 1. The number of halogens is 5. The fraction of sp³-hybridized carbons (Fsp3) is 0.133. The van der Waals surface area contributed by atoms with Gasteiger partial charge in [-0.15, -0.1) is 0 Å². The summed E-state index contributed by atoms with van der Waals surface area (Å²) in [6.45, 7) is -0.598. The molecule has 0 saturated carbocycles. The standard InChI is InChI=1S/C15H10ClF4NO2/c16-9-2-1-7(3-10(9)17)13(6-22)21-15(23)8-4-11(18)14(20)12(19)5-8/h1-5,13,22H,6H2,(H,21,23). The van der Waals surface area contributed by atoms with E-state index in [2.05, 4.69) is 5.32 Å². The molecule has 0 fully saturated rings. The second-order valence-electron chi connectivity index (χ2n) is 4.64. The van der Waals surface area contributed by atoms with E-state index < -0.39 is 47.4 Å². The maximum atomic E-state index is 13.4. The first-order valence-electron chi connectivity index (χ1n) is 6.34. The summed E-state index contributed by atoms with van der Waals surface area (Å²) in [4.78, 5) is 12.0. The molecule has 8 heteroatoms. The first-order valence-corrected chi connectivity index (χ1v) is 6.72. The molecule has 0 bridgehead atoms. The number of hydrogen-bond donors (Lipinski definition) is 2. The van der Waals surface area contributed by atoms with Crippen molar-refractivity contribution in [3.05, 3.63) is 69.8 Å². The van der Waals surface area contributed by atoms with E-state index in [1.165, 1.54) is 12.1 Å². The van der Waals surface area contributed by atoms with E-state index >= 15 is 0 Å². The molecular formula is C15H10ClF4NO2. The molecule has 23 heavy (non-hydrogen) atoms. The normalized spacial score (nSPS) is 12.1. The number of carbonyl (C=O) groups is 1. The van der Waals surface area contributed by atoms with Gasteiger partial charge in [0, 0.05) is 5.56 Å². The molecule has 0 aliphatic rings. The number of benzene rings is 2. The average Bonchev–Trinajstić information content (AvgIpc) is 2.52. The number of rotatable bonds is 4. The third kappa shape index (κ3) is 3.80. The summed E-state index contributed by atoms with van der Waals surface area (Å²) in [5.41, 5.74) is -0.278. The summed E-state index contributed by atoms with van der Waals surface area (Å²) in [7, 11) is 0. The molecule has 2 aromatic carbocycles. The van der Waals surface area contributed by atoms with E-state index in [0.717, 1.165) is 6.07 Å². The van der Waals surface area contributed by atoms with Gasteiger partial charge in [-0.3, -0.25) is 4.79 Å². The van der Waals surface area contributed by atoms with Crippen molar-refractivity contribution in [2.75, 3.05) is 6.61 Å². The molecular weight excluding hydrogens is 338 g/mol. The van der Waals surface area contributed by atoms with Crippen molar-refractivity contribution in [2.24, 2.45) is 0 Å². The van der Waals surface area contributed by atoms with Gasteiger partial charge in [-0.2, -0.15) is 0 Å². The van der Waals surface area contributed by atoms with Gasteiger partial charge in [0.15, 0.2) is 17.5 Å². The highest BCUT2D eigenvalue weighted by molar-refractivity contribution is 6.30. The summed E-state index contributed by atoms with van der Waals surface area (Å²) >= 11 is 5.54. The van der Waals surface area contributed by atoms with Crippen LogP contribution in [0.3, 0.4) is 0 Å². The van der Waals surface area contributed by atoms with E-state index in [0.29, 0.717) is 12.1 Å². The Kier molecular flexibility index (Phi) is 5.23. The summed E-state index contributed by atoms with van der Waals surface area (Å²) in [6, 6.07) is 3.62. The maximum Gasteiger partial charge on any atom is 0.252 e. The van der Waals surface area contributed by atoms with Gasteiger partial charge in [-0.05, 0) is 29.8 Å². The van der Waals surface area contributed by atoms with E-state index in [1.807, 2.05) is 0 Å². The molecule has 0 heterocycles. The highest BCUT2D eigenvalue weighted by Crippen LogP contribution is 2.21. The Morgan fingerprint density at radius 3 is 2.22 bits per heavy atom. The lowest BCUT2D eigenvalue weighted by Gasteiger charge is -2.17. The van der Waals surface area contributed by atoms with Crippen molar-refractivity contribution in [3.63, 3.8) is 0 Å². The van der Waals surface area contributed by atoms with Crippen molar-refractivity contribution >= 4 is 17.5 Å². The Morgan fingerprint density at radius 2 is 1.70 bits per heavy atom. The van der Waals surface area contributed by atoms with Crippen LogP contribution in [0.1, 0.15) is 22.0 Å². The van der Waals surface area contributed by atoms with E-state index in [1.54, 1.807) is 0 Å². The van der Waals surface area contributed by atoms with Crippen molar-refractivity contribution < 1.29 is 27.5 Å². The minimum Gasteiger partial charge on any atom is -0.394 e. The molecule has 0 aromatic heterocycles. The van der Waals surface area contributed by atoms with Crippen LogP contribution in [0.4, 0.5) is 17.6 Å². The van der Waals surface area contributed by atoms with Crippen LogP contribution in [-0.2, 0) is 0 Å². The van der Waals surface area contributed by atoms with Crippen molar-refractivity contribution in [2.45, 2.75) is 6.04 Å². The lowest BCUT2D eigenvalue weighted by molar-refractivity contribution is 0.0915. The third-order valence-electron chi connectivity index (χ3n) is 3.08. The van der Waals surface area contributed by atoms with Gasteiger partial charge in [-0.1, -0.05) is 17.7 Å². The summed E-state index contributed by atoms with van der Waals surface area (Å²) < 4.78 is 52.6. The Labute approximate surface area is 133 Å². The Bertz CT molecular complexity index is 731. The minimum atomic E-state index is -1.69. The molecule has 0 spiro atoms. The molecule has 2 aromatic rings. The predicted octanol–water partition coefficient (Wildman–Crippen LogP) is 3.36. The third-order valence-corrected chi connectivity index (χ3v) is 3.39. The van der Waals surface area contributed by atoms with Crippen LogP contribution >= 0.6 is 11.6 Å². The van der Waals surface area contributed by atoms with Crippen molar-refractivity contribution in [1.82, 2.24) is 5.32 Å². The molecule has 2 rings (SSSR count). The molecule has 122 valence electrons. The van der Waals surface area contributed by atoms with Gasteiger partial charge >= 0.3 is 0 Å². The Hall–Kier alpha value is -2.12. The zero-order valence-corrected chi connectivity index (χ0v) is 12.2. The lowest BCUT2D eigenvalue weighted by Crippen LogP contribution is -2.31. The molecule has 3 nitrogen and oxygen atoms in total.